The fourth-order valence-corrected chi connectivity index (χ4v) is 6.74. The Morgan fingerprint density at radius 1 is 1.00 bits per heavy atom. The summed E-state index contributed by atoms with van der Waals surface area (Å²) < 4.78 is 33.0. The lowest BCUT2D eigenvalue weighted by molar-refractivity contribution is 0.357. The van der Waals surface area contributed by atoms with Crippen molar-refractivity contribution in [3.63, 3.8) is 0 Å². The van der Waals surface area contributed by atoms with E-state index in [2.05, 4.69) is 6.92 Å². The van der Waals surface area contributed by atoms with Crippen molar-refractivity contribution >= 4 is 26.8 Å². The summed E-state index contributed by atoms with van der Waals surface area (Å²) in [4.78, 5) is 0. The van der Waals surface area contributed by atoms with Crippen LogP contribution in [0.4, 0.5) is 0 Å². The van der Waals surface area contributed by atoms with Crippen LogP contribution in [0.25, 0.3) is 10.8 Å². The minimum atomic E-state index is -3.54. The molecule has 4 nitrogen and oxygen atoms in total. The summed E-state index contributed by atoms with van der Waals surface area (Å²) in [6, 6.07) is 21.9. The Labute approximate surface area is 208 Å². The van der Waals surface area contributed by atoms with Crippen molar-refractivity contribution < 1.29 is 13.2 Å². The Hall–Kier alpha value is -3.18. The number of sulfone groups is 1. The maximum atomic E-state index is 13.4. The number of allylic oxidation sites excluding steroid dienone is 3. The third-order valence-corrected chi connectivity index (χ3v) is 9.13. The van der Waals surface area contributed by atoms with Gasteiger partial charge in [0.05, 0.1) is 5.75 Å². The van der Waals surface area contributed by atoms with E-state index >= 15 is 0 Å². The van der Waals surface area contributed by atoms with Gasteiger partial charge in [0.1, 0.15) is 16.8 Å². The van der Waals surface area contributed by atoms with Gasteiger partial charge in [-0.15, -0.1) is 0 Å². The SMILES string of the molecule is CCC1C(Oc2ccc(C)cc2)=CC=C1C(C)C(C=N)S(=O)(=O)CCc1cccc2ccccc12. The van der Waals surface area contributed by atoms with Crippen molar-refractivity contribution in [3.8, 4) is 5.75 Å². The lowest BCUT2D eigenvalue weighted by Crippen LogP contribution is -2.34. The molecular formula is C30H33NO3S. The molecule has 1 aliphatic rings. The smallest absolute Gasteiger partial charge is 0.159 e. The van der Waals surface area contributed by atoms with Crippen molar-refractivity contribution in [1.29, 1.82) is 5.41 Å². The molecule has 3 unspecified atom stereocenters. The van der Waals surface area contributed by atoms with Crippen molar-refractivity contribution in [2.24, 2.45) is 11.8 Å². The summed E-state index contributed by atoms with van der Waals surface area (Å²) in [7, 11) is -3.54. The van der Waals surface area contributed by atoms with Gasteiger partial charge in [0, 0.05) is 12.1 Å². The molecule has 4 rings (SSSR count). The summed E-state index contributed by atoms with van der Waals surface area (Å²) >= 11 is 0. The number of nitrogens with one attached hydrogen (secondary N) is 1. The van der Waals surface area contributed by atoms with Crippen molar-refractivity contribution in [2.75, 3.05) is 5.75 Å². The zero-order valence-electron chi connectivity index (χ0n) is 20.6. The van der Waals surface area contributed by atoms with Gasteiger partial charge in [-0.3, -0.25) is 0 Å². The molecule has 3 aromatic carbocycles. The van der Waals surface area contributed by atoms with E-state index in [1.54, 1.807) is 0 Å². The van der Waals surface area contributed by atoms with E-state index in [-0.39, 0.29) is 17.6 Å². The van der Waals surface area contributed by atoms with E-state index in [1.165, 1.54) is 5.56 Å². The van der Waals surface area contributed by atoms with Crippen LogP contribution in [0.2, 0.25) is 0 Å². The summed E-state index contributed by atoms with van der Waals surface area (Å²) in [6.45, 7) is 6.03. The quantitative estimate of drug-likeness (QED) is 0.324. The third kappa shape index (κ3) is 5.40. The molecule has 0 amide bonds. The van der Waals surface area contributed by atoms with E-state index < -0.39 is 15.1 Å². The predicted octanol–water partition coefficient (Wildman–Crippen LogP) is 6.69. The number of fused-ring (bicyclic) bond motifs is 1. The molecule has 0 aliphatic heterocycles. The van der Waals surface area contributed by atoms with Gasteiger partial charge in [0.25, 0.3) is 0 Å². The molecule has 1 N–H and O–H groups in total. The largest absolute Gasteiger partial charge is 0.461 e. The highest BCUT2D eigenvalue weighted by atomic mass is 32.2. The Morgan fingerprint density at radius 2 is 1.71 bits per heavy atom. The topological polar surface area (TPSA) is 67.2 Å². The van der Waals surface area contributed by atoms with Crippen molar-refractivity contribution in [3.05, 3.63) is 101 Å². The highest BCUT2D eigenvalue weighted by Gasteiger charge is 2.36. The fourth-order valence-electron chi connectivity index (χ4n) is 4.98. The first-order valence-electron chi connectivity index (χ1n) is 12.2. The molecule has 0 radical (unpaired) electrons. The van der Waals surface area contributed by atoms with Crippen molar-refractivity contribution in [1.82, 2.24) is 0 Å². The van der Waals surface area contributed by atoms with Gasteiger partial charge in [0.2, 0.25) is 0 Å². The number of rotatable bonds is 10. The minimum absolute atomic E-state index is 0.00187. The van der Waals surface area contributed by atoms with Crippen LogP contribution < -0.4 is 4.74 Å². The molecule has 0 bridgehead atoms. The van der Waals surface area contributed by atoms with Crippen LogP contribution in [-0.4, -0.2) is 25.6 Å². The maximum Gasteiger partial charge on any atom is 0.159 e. The number of ether oxygens (including phenoxy) is 1. The lowest BCUT2D eigenvalue weighted by Gasteiger charge is -2.27. The molecule has 5 heteroatoms. The first-order chi connectivity index (χ1) is 16.8. The third-order valence-electron chi connectivity index (χ3n) is 6.98. The Bertz CT molecular complexity index is 1360. The van der Waals surface area contributed by atoms with Crippen LogP contribution in [0.5, 0.6) is 5.75 Å². The second-order valence-corrected chi connectivity index (χ2v) is 11.6. The molecular weight excluding hydrogens is 454 g/mol. The normalized spacial score (nSPS) is 17.5. The first kappa shape index (κ1) is 24.9. The summed E-state index contributed by atoms with van der Waals surface area (Å²) in [6.07, 6.45) is 6.27. The molecule has 1 aliphatic carbocycles. The summed E-state index contributed by atoms with van der Waals surface area (Å²) in [5.74, 6) is 1.30. The average Bonchev–Trinajstić information content (AvgIpc) is 3.26. The van der Waals surface area contributed by atoms with Crippen molar-refractivity contribution in [2.45, 2.75) is 38.9 Å². The molecule has 3 aromatic rings. The Balaban J connectivity index is 1.48. The standard InChI is InChI=1S/C30H33NO3S/c1-4-26-27(16-17-29(26)34-25-14-12-21(2)13-15-25)22(3)30(20-31)35(32,33)19-18-24-10-7-9-23-8-5-6-11-28(23)24/h5-17,20,22,26,30-31H,4,18-19H2,1-3H3. The van der Waals surface area contributed by atoms with E-state index in [4.69, 9.17) is 10.1 Å². The number of hydrogen-bond acceptors (Lipinski definition) is 4. The second kappa shape index (κ2) is 10.6. The summed E-state index contributed by atoms with van der Waals surface area (Å²) in [5, 5.41) is 9.33. The monoisotopic (exact) mass is 487 g/mol. The van der Waals surface area contributed by atoms with Crippen LogP contribution in [0.3, 0.4) is 0 Å². The molecule has 0 fully saturated rings. The van der Waals surface area contributed by atoms with Gasteiger partial charge >= 0.3 is 0 Å². The van der Waals surface area contributed by atoms with Crippen LogP contribution in [0.1, 0.15) is 31.4 Å². The molecule has 0 saturated carbocycles. The van der Waals surface area contributed by atoms with E-state index in [1.807, 2.05) is 92.7 Å². The van der Waals surface area contributed by atoms with Crippen LogP contribution in [-0.2, 0) is 16.3 Å². The fraction of sp³-hybridized carbons (Fsp3) is 0.300. The molecule has 0 saturated heterocycles. The summed E-state index contributed by atoms with van der Waals surface area (Å²) in [5.41, 5.74) is 3.20. The highest BCUT2D eigenvalue weighted by molar-refractivity contribution is 7.92. The van der Waals surface area contributed by atoms with Gasteiger partial charge in [-0.25, -0.2) is 8.42 Å². The van der Waals surface area contributed by atoms with Gasteiger partial charge < -0.3 is 10.1 Å². The van der Waals surface area contributed by atoms with Gasteiger partial charge in [-0.1, -0.05) is 85.7 Å². The first-order valence-corrected chi connectivity index (χ1v) is 13.9. The predicted molar refractivity (Wildman–Crippen MR) is 145 cm³/mol. The molecule has 35 heavy (non-hydrogen) atoms. The van der Waals surface area contributed by atoms with E-state index in [0.29, 0.717) is 6.42 Å². The van der Waals surface area contributed by atoms with E-state index in [0.717, 1.165) is 46.1 Å². The van der Waals surface area contributed by atoms with Gasteiger partial charge in [0.15, 0.2) is 9.84 Å². The highest BCUT2D eigenvalue weighted by Crippen LogP contribution is 2.38. The second-order valence-electron chi connectivity index (χ2n) is 9.29. The minimum Gasteiger partial charge on any atom is -0.461 e. The zero-order chi connectivity index (χ0) is 25.0. The number of hydrogen-bond donors (Lipinski definition) is 1. The number of benzene rings is 3. The maximum absolute atomic E-state index is 13.4. The molecule has 0 aromatic heterocycles. The Morgan fingerprint density at radius 3 is 2.43 bits per heavy atom. The molecule has 182 valence electrons. The van der Waals surface area contributed by atoms with Gasteiger partial charge in [-0.05, 0) is 60.2 Å². The van der Waals surface area contributed by atoms with Crippen LogP contribution in [0.15, 0.2) is 90.2 Å². The molecule has 0 spiro atoms. The van der Waals surface area contributed by atoms with Crippen LogP contribution >= 0.6 is 0 Å². The molecule has 0 heterocycles. The zero-order valence-corrected chi connectivity index (χ0v) is 21.4. The lowest BCUT2D eigenvalue weighted by atomic mass is 9.87. The number of aryl methyl sites for hydroxylation is 2. The van der Waals surface area contributed by atoms with Gasteiger partial charge in [-0.2, -0.15) is 0 Å². The average molecular weight is 488 g/mol. The Kier molecular flexibility index (Phi) is 7.56. The van der Waals surface area contributed by atoms with Crippen LogP contribution in [0, 0.1) is 24.2 Å². The molecule has 3 atom stereocenters. The van der Waals surface area contributed by atoms with E-state index in [9.17, 15) is 8.42 Å².